The van der Waals surface area contributed by atoms with E-state index in [4.69, 9.17) is 21.1 Å². The Morgan fingerprint density at radius 3 is 2.71 bits per heavy atom. The molecule has 17 heavy (non-hydrogen) atoms. The number of hydrogen-bond acceptors (Lipinski definition) is 3. The molecule has 0 aliphatic rings. The lowest BCUT2D eigenvalue weighted by Gasteiger charge is -2.16. The first kappa shape index (κ1) is 14.3. The van der Waals surface area contributed by atoms with E-state index in [1.807, 2.05) is 12.1 Å². The van der Waals surface area contributed by atoms with Crippen LogP contribution in [-0.4, -0.2) is 32.7 Å². The molecule has 1 unspecified atom stereocenters. The van der Waals surface area contributed by atoms with Gasteiger partial charge in [-0.3, -0.25) is 0 Å². The Morgan fingerprint density at radius 1 is 1.35 bits per heavy atom. The summed E-state index contributed by atoms with van der Waals surface area (Å²) in [4.78, 5) is 0. The molecule has 0 spiro atoms. The second-order valence-corrected chi connectivity index (χ2v) is 4.31. The summed E-state index contributed by atoms with van der Waals surface area (Å²) in [5, 5.41) is 3.35. The minimum absolute atomic E-state index is 0.159. The van der Waals surface area contributed by atoms with Crippen molar-refractivity contribution < 1.29 is 9.47 Å². The number of methoxy groups -OCH3 is 2. The summed E-state index contributed by atoms with van der Waals surface area (Å²) in [6, 6.07) is 6.30. The lowest BCUT2D eigenvalue weighted by atomic mass is 10.1. The largest absolute Gasteiger partial charge is 0.496 e. The van der Waals surface area contributed by atoms with Crippen LogP contribution in [0.2, 0.25) is 0 Å². The Morgan fingerprint density at radius 2 is 2.12 bits per heavy atom. The summed E-state index contributed by atoms with van der Waals surface area (Å²) in [5.74, 6) is 1.43. The van der Waals surface area contributed by atoms with Gasteiger partial charge in [0.25, 0.3) is 0 Å². The summed E-state index contributed by atoms with van der Waals surface area (Å²) in [6.45, 7) is 3.40. The number of alkyl halides is 1. The molecule has 1 rings (SSSR count). The average Bonchev–Trinajstić information content (AvgIpc) is 2.34. The van der Waals surface area contributed by atoms with E-state index in [0.29, 0.717) is 12.5 Å². The fourth-order valence-electron chi connectivity index (χ4n) is 1.66. The molecular formula is C13H20ClNO2. The molecule has 0 aromatic heterocycles. The van der Waals surface area contributed by atoms with Gasteiger partial charge in [0.1, 0.15) is 5.75 Å². The van der Waals surface area contributed by atoms with Gasteiger partial charge in [0.2, 0.25) is 0 Å². The summed E-state index contributed by atoms with van der Waals surface area (Å²) >= 11 is 5.84. The SMILES string of the molecule is COCC(CCl)NCc1cc(C)ccc1OC. The summed E-state index contributed by atoms with van der Waals surface area (Å²) in [6.07, 6.45) is 0. The molecule has 0 amide bonds. The summed E-state index contributed by atoms with van der Waals surface area (Å²) in [7, 11) is 3.36. The van der Waals surface area contributed by atoms with Crippen molar-refractivity contribution >= 4 is 11.6 Å². The molecule has 96 valence electrons. The molecule has 3 nitrogen and oxygen atoms in total. The molecule has 1 aromatic rings. The van der Waals surface area contributed by atoms with Gasteiger partial charge in [-0.2, -0.15) is 0 Å². The van der Waals surface area contributed by atoms with Crippen molar-refractivity contribution in [2.75, 3.05) is 26.7 Å². The number of halogens is 1. The molecule has 0 aliphatic heterocycles. The van der Waals surface area contributed by atoms with Crippen molar-refractivity contribution in [3.8, 4) is 5.75 Å². The van der Waals surface area contributed by atoms with E-state index in [1.165, 1.54) is 5.56 Å². The van der Waals surface area contributed by atoms with E-state index in [1.54, 1.807) is 14.2 Å². The number of benzene rings is 1. The van der Waals surface area contributed by atoms with Gasteiger partial charge in [-0.25, -0.2) is 0 Å². The fourth-order valence-corrected chi connectivity index (χ4v) is 1.86. The van der Waals surface area contributed by atoms with Crippen LogP contribution in [0, 0.1) is 6.92 Å². The van der Waals surface area contributed by atoms with Gasteiger partial charge < -0.3 is 14.8 Å². The van der Waals surface area contributed by atoms with E-state index in [-0.39, 0.29) is 6.04 Å². The molecule has 1 N–H and O–H groups in total. The topological polar surface area (TPSA) is 30.5 Å². The van der Waals surface area contributed by atoms with Crippen LogP contribution >= 0.6 is 11.6 Å². The highest BCUT2D eigenvalue weighted by atomic mass is 35.5. The Kier molecular flexibility index (Phi) is 6.34. The highest BCUT2D eigenvalue weighted by Crippen LogP contribution is 2.19. The monoisotopic (exact) mass is 257 g/mol. The highest BCUT2D eigenvalue weighted by Gasteiger charge is 2.08. The number of nitrogens with one attached hydrogen (secondary N) is 1. The smallest absolute Gasteiger partial charge is 0.123 e. The van der Waals surface area contributed by atoms with Gasteiger partial charge in [-0.15, -0.1) is 11.6 Å². The molecule has 0 radical (unpaired) electrons. The van der Waals surface area contributed by atoms with Gasteiger partial charge in [0.15, 0.2) is 0 Å². The third kappa shape index (κ3) is 4.54. The molecule has 4 heteroatoms. The number of rotatable bonds is 7. The molecule has 1 aromatic carbocycles. The first-order chi connectivity index (χ1) is 8.21. The van der Waals surface area contributed by atoms with Crippen LogP contribution in [0.4, 0.5) is 0 Å². The van der Waals surface area contributed by atoms with Gasteiger partial charge in [-0.1, -0.05) is 17.7 Å². The maximum absolute atomic E-state index is 5.84. The molecule has 0 saturated carbocycles. The molecule has 0 saturated heterocycles. The van der Waals surface area contributed by atoms with Crippen molar-refractivity contribution in [3.63, 3.8) is 0 Å². The van der Waals surface area contributed by atoms with Gasteiger partial charge in [-0.05, 0) is 13.0 Å². The van der Waals surface area contributed by atoms with Crippen LogP contribution in [0.3, 0.4) is 0 Å². The Balaban J connectivity index is 2.63. The van der Waals surface area contributed by atoms with Crippen LogP contribution in [0.15, 0.2) is 18.2 Å². The van der Waals surface area contributed by atoms with E-state index < -0.39 is 0 Å². The van der Waals surface area contributed by atoms with Crippen molar-refractivity contribution in [3.05, 3.63) is 29.3 Å². The first-order valence-electron chi connectivity index (χ1n) is 5.63. The van der Waals surface area contributed by atoms with Crippen LogP contribution in [-0.2, 0) is 11.3 Å². The van der Waals surface area contributed by atoms with Crippen molar-refractivity contribution in [1.29, 1.82) is 0 Å². The standard InChI is InChI=1S/C13H20ClNO2/c1-10-4-5-13(17-3)11(6-10)8-15-12(7-14)9-16-2/h4-6,12,15H,7-9H2,1-3H3. The van der Waals surface area contributed by atoms with E-state index in [9.17, 15) is 0 Å². The van der Waals surface area contributed by atoms with Gasteiger partial charge in [0.05, 0.1) is 13.7 Å². The van der Waals surface area contributed by atoms with Gasteiger partial charge >= 0.3 is 0 Å². The highest BCUT2D eigenvalue weighted by molar-refractivity contribution is 6.18. The molecule has 0 bridgehead atoms. The quantitative estimate of drug-likeness (QED) is 0.761. The second-order valence-electron chi connectivity index (χ2n) is 4.00. The minimum Gasteiger partial charge on any atom is -0.496 e. The first-order valence-corrected chi connectivity index (χ1v) is 6.16. The molecule has 0 fully saturated rings. The minimum atomic E-state index is 0.159. The van der Waals surface area contributed by atoms with Crippen LogP contribution in [0.1, 0.15) is 11.1 Å². The maximum atomic E-state index is 5.84. The summed E-state index contributed by atoms with van der Waals surface area (Å²) in [5.41, 5.74) is 2.36. The lowest BCUT2D eigenvalue weighted by molar-refractivity contribution is 0.172. The van der Waals surface area contributed by atoms with E-state index in [0.717, 1.165) is 17.9 Å². The number of aryl methyl sites for hydroxylation is 1. The van der Waals surface area contributed by atoms with E-state index >= 15 is 0 Å². The molecule has 0 aliphatic carbocycles. The molecule has 0 heterocycles. The maximum Gasteiger partial charge on any atom is 0.123 e. The average molecular weight is 258 g/mol. The zero-order valence-corrected chi connectivity index (χ0v) is 11.4. The Hall–Kier alpha value is -0.770. The zero-order valence-electron chi connectivity index (χ0n) is 10.6. The predicted octanol–water partition coefficient (Wildman–Crippen LogP) is 2.35. The van der Waals surface area contributed by atoms with Crippen molar-refractivity contribution in [2.45, 2.75) is 19.5 Å². The number of ether oxygens (including phenoxy) is 2. The number of hydrogen-bond donors (Lipinski definition) is 1. The zero-order chi connectivity index (χ0) is 12.7. The third-order valence-corrected chi connectivity index (χ3v) is 2.94. The fraction of sp³-hybridized carbons (Fsp3) is 0.538. The lowest BCUT2D eigenvalue weighted by Crippen LogP contribution is -2.34. The van der Waals surface area contributed by atoms with Crippen LogP contribution in [0.25, 0.3) is 0 Å². The predicted molar refractivity (Wildman–Crippen MR) is 71.0 cm³/mol. The normalized spacial score (nSPS) is 12.5. The van der Waals surface area contributed by atoms with Crippen molar-refractivity contribution in [2.24, 2.45) is 0 Å². The molecular weight excluding hydrogens is 238 g/mol. The third-order valence-electron chi connectivity index (χ3n) is 2.57. The Bertz CT molecular complexity index is 344. The second kappa shape index (κ2) is 7.54. The van der Waals surface area contributed by atoms with Crippen LogP contribution < -0.4 is 10.1 Å². The Labute approximate surface area is 108 Å². The van der Waals surface area contributed by atoms with E-state index in [2.05, 4.69) is 18.3 Å². The van der Waals surface area contributed by atoms with Crippen LogP contribution in [0.5, 0.6) is 5.75 Å². The molecule has 1 atom stereocenters. The summed E-state index contributed by atoms with van der Waals surface area (Å²) < 4.78 is 10.4. The van der Waals surface area contributed by atoms with Crippen molar-refractivity contribution in [1.82, 2.24) is 5.32 Å². The van der Waals surface area contributed by atoms with Gasteiger partial charge in [0, 0.05) is 31.1 Å².